The first-order chi connectivity index (χ1) is 5.24. The summed E-state index contributed by atoms with van der Waals surface area (Å²) in [6.07, 6.45) is 8.45. The Morgan fingerprint density at radius 2 is 2.27 bits per heavy atom. The lowest BCUT2D eigenvalue weighted by molar-refractivity contribution is 0.837. The van der Waals surface area contributed by atoms with Crippen molar-refractivity contribution < 1.29 is 0 Å². The molecular weight excluding hydrogens is 134 g/mol. The van der Waals surface area contributed by atoms with E-state index in [0.29, 0.717) is 5.92 Å². The van der Waals surface area contributed by atoms with Crippen LogP contribution in [0, 0.1) is 5.92 Å². The van der Waals surface area contributed by atoms with Crippen molar-refractivity contribution in [2.45, 2.75) is 20.8 Å². The van der Waals surface area contributed by atoms with Crippen LogP contribution < -0.4 is 5.32 Å². The maximum absolute atomic E-state index is 3.31. The van der Waals surface area contributed by atoms with E-state index in [-0.39, 0.29) is 0 Å². The smallest absolute Gasteiger partial charge is 0.0216 e. The van der Waals surface area contributed by atoms with E-state index in [4.69, 9.17) is 0 Å². The van der Waals surface area contributed by atoms with Crippen molar-refractivity contribution in [2.24, 2.45) is 5.92 Å². The summed E-state index contributed by atoms with van der Waals surface area (Å²) in [6, 6.07) is 0. The second-order valence-corrected chi connectivity index (χ2v) is 2.91. The van der Waals surface area contributed by atoms with Gasteiger partial charge in [-0.05, 0) is 19.9 Å². The van der Waals surface area contributed by atoms with Gasteiger partial charge in [-0.1, -0.05) is 25.2 Å². The summed E-state index contributed by atoms with van der Waals surface area (Å²) in [5.74, 6) is 0.547. The third-order valence-corrected chi connectivity index (χ3v) is 1.80. The molecule has 1 aliphatic rings. The summed E-state index contributed by atoms with van der Waals surface area (Å²) in [5, 5.41) is 3.31. The summed E-state index contributed by atoms with van der Waals surface area (Å²) in [5.41, 5.74) is 2.55. The minimum absolute atomic E-state index is 0.547. The van der Waals surface area contributed by atoms with Crippen LogP contribution in [-0.4, -0.2) is 0 Å². The Morgan fingerprint density at radius 3 is 2.73 bits per heavy atom. The zero-order valence-corrected chi connectivity index (χ0v) is 7.39. The molecule has 1 heteroatoms. The minimum atomic E-state index is 0.547. The van der Waals surface area contributed by atoms with E-state index in [1.54, 1.807) is 0 Å². The van der Waals surface area contributed by atoms with Gasteiger partial charge >= 0.3 is 0 Å². The topological polar surface area (TPSA) is 12.0 Å². The third-order valence-electron chi connectivity index (χ3n) is 1.80. The molecule has 0 saturated heterocycles. The van der Waals surface area contributed by atoms with E-state index in [1.807, 2.05) is 13.0 Å². The van der Waals surface area contributed by atoms with Crippen LogP contribution in [0.5, 0.6) is 0 Å². The van der Waals surface area contributed by atoms with E-state index >= 15 is 0 Å². The van der Waals surface area contributed by atoms with Crippen molar-refractivity contribution in [1.82, 2.24) is 5.32 Å². The van der Waals surface area contributed by atoms with Gasteiger partial charge in [0.2, 0.25) is 0 Å². The van der Waals surface area contributed by atoms with Gasteiger partial charge in [-0.2, -0.15) is 0 Å². The fourth-order valence-electron chi connectivity index (χ4n) is 1.24. The Bertz CT molecular complexity index is 221. The van der Waals surface area contributed by atoms with Crippen LogP contribution in [0.1, 0.15) is 20.8 Å². The lowest BCUT2D eigenvalue weighted by Gasteiger charge is -2.03. The molecule has 0 bridgehead atoms. The van der Waals surface area contributed by atoms with Gasteiger partial charge in [0.25, 0.3) is 0 Å². The molecule has 0 spiro atoms. The van der Waals surface area contributed by atoms with E-state index in [0.717, 1.165) is 0 Å². The number of rotatable bonds is 1. The summed E-state index contributed by atoms with van der Waals surface area (Å²) in [7, 11) is 0. The Kier molecular flexibility index (Phi) is 2.53. The number of nitrogens with one attached hydrogen (secondary N) is 1. The van der Waals surface area contributed by atoms with Crippen molar-refractivity contribution >= 4 is 0 Å². The van der Waals surface area contributed by atoms with Crippen LogP contribution in [0.25, 0.3) is 0 Å². The molecule has 0 aromatic rings. The average Bonchev–Trinajstić information content (AvgIpc) is 2.26. The molecule has 0 radical (unpaired) electrons. The normalized spacial score (nSPS) is 27.7. The van der Waals surface area contributed by atoms with Gasteiger partial charge in [0.15, 0.2) is 0 Å². The molecule has 0 saturated carbocycles. The summed E-state index contributed by atoms with van der Waals surface area (Å²) >= 11 is 0. The quantitative estimate of drug-likeness (QED) is 0.604. The Labute approximate surface area is 68.5 Å². The van der Waals surface area contributed by atoms with Crippen LogP contribution >= 0.6 is 0 Å². The van der Waals surface area contributed by atoms with Gasteiger partial charge in [0, 0.05) is 17.3 Å². The second-order valence-electron chi connectivity index (χ2n) is 2.91. The van der Waals surface area contributed by atoms with Crippen molar-refractivity contribution in [1.29, 1.82) is 0 Å². The van der Waals surface area contributed by atoms with E-state index in [9.17, 15) is 0 Å². The molecule has 1 N–H and O–H groups in total. The van der Waals surface area contributed by atoms with Gasteiger partial charge in [-0.3, -0.25) is 0 Å². The Hall–Kier alpha value is -0.980. The highest BCUT2D eigenvalue weighted by atomic mass is 14.9. The first kappa shape index (κ1) is 8.12. The predicted molar refractivity (Wildman–Crippen MR) is 49.0 cm³/mol. The Morgan fingerprint density at radius 1 is 1.55 bits per heavy atom. The molecule has 0 aromatic heterocycles. The molecule has 0 aliphatic carbocycles. The van der Waals surface area contributed by atoms with E-state index < -0.39 is 0 Å². The predicted octanol–water partition coefficient (Wildman–Crippen LogP) is 2.59. The zero-order chi connectivity index (χ0) is 8.27. The standard InChI is InChI=1S/C10H15N/c1-4-5-6-10-8(2)7-9(3)11-10/h4-8,11H,1-3H3/b5-4-,10-6+. The molecule has 0 aromatic carbocycles. The highest BCUT2D eigenvalue weighted by Gasteiger charge is 2.11. The van der Waals surface area contributed by atoms with Crippen LogP contribution in [0.2, 0.25) is 0 Å². The highest BCUT2D eigenvalue weighted by molar-refractivity contribution is 5.27. The molecule has 1 rings (SSSR count). The number of hydrogen-bond donors (Lipinski definition) is 1. The zero-order valence-electron chi connectivity index (χ0n) is 7.39. The minimum Gasteiger partial charge on any atom is -0.362 e. The second kappa shape index (κ2) is 3.42. The molecule has 11 heavy (non-hydrogen) atoms. The van der Waals surface area contributed by atoms with E-state index in [2.05, 4.69) is 37.4 Å². The van der Waals surface area contributed by atoms with Crippen LogP contribution in [0.15, 0.2) is 35.7 Å². The SMILES string of the molecule is C/C=C\C=C1\NC(C)=CC1C. The van der Waals surface area contributed by atoms with Crippen LogP contribution in [0.3, 0.4) is 0 Å². The first-order valence-corrected chi connectivity index (χ1v) is 4.02. The molecule has 1 heterocycles. The lowest BCUT2D eigenvalue weighted by Crippen LogP contribution is -2.06. The molecule has 0 amide bonds. The monoisotopic (exact) mass is 149 g/mol. The summed E-state index contributed by atoms with van der Waals surface area (Å²) < 4.78 is 0. The molecule has 1 atom stereocenters. The number of allylic oxidation sites excluding steroid dienone is 5. The van der Waals surface area contributed by atoms with Crippen LogP contribution in [-0.2, 0) is 0 Å². The van der Waals surface area contributed by atoms with Crippen molar-refractivity contribution in [2.75, 3.05) is 0 Å². The molecule has 60 valence electrons. The third kappa shape index (κ3) is 1.97. The first-order valence-electron chi connectivity index (χ1n) is 4.02. The maximum atomic E-state index is 3.31. The van der Waals surface area contributed by atoms with Gasteiger partial charge < -0.3 is 5.32 Å². The summed E-state index contributed by atoms with van der Waals surface area (Å²) in [6.45, 7) is 6.31. The summed E-state index contributed by atoms with van der Waals surface area (Å²) in [4.78, 5) is 0. The molecule has 1 aliphatic heterocycles. The number of hydrogen-bond acceptors (Lipinski definition) is 1. The van der Waals surface area contributed by atoms with E-state index in [1.165, 1.54) is 11.4 Å². The van der Waals surface area contributed by atoms with Gasteiger partial charge in [-0.15, -0.1) is 0 Å². The lowest BCUT2D eigenvalue weighted by atomic mass is 10.1. The van der Waals surface area contributed by atoms with Crippen molar-refractivity contribution in [3.8, 4) is 0 Å². The van der Waals surface area contributed by atoms with Gasteiger partial charge in [-0.25, -0.2) is 0 Å². The highest BCUT2D eigenvalue weighted by Crippen LogP contribution is 2.18. The van der Waals surface area contributed by atoms with Crippen molar-refractivity contribution in [3.05, 3.63) is 35.7 Å². The van der Waals surface area contributed by atoms with Crippen LogP contribution in [0.4, 0.5) is 0 Å². The molecular formula is C10H15N. The molecule has 1 nitrogen and oxygen atoms in total. The fraction of sp³-hybridized carbons (Fsp3) is 0.400. The molecule has 1 unspecified atom stereocenters. The average molecular weight is 149 g/mol. The fourth-order valence-corrected chi connectivity index (χ4v) is 1.24. The Balaban J connectivity index is 2.66. The molecule has 0 fully saturated rings. The van der Waals surface area contributed by atoms with Crippen molar-refractivity contribution in [3.63, 3.8) is 0 Å². The maximum Gasteiger partial charge on any atom is 0.0216 e. The largest absolute Gasteiger partial charge is 0.362 e. The van der Waals surface area contributed by atoms with Gasteiger partial charge in [0.1, 0.15) is 0 Å². The van der Waals surface area contributed by atoms with Gasteiger partial charge in [0.05, 0.1) is 0 Å².